The van der Waals surface area contributed by atoms with Crippen molar-refractivity contribution in [1.82, 2.24) is 4.98 Å². The first-order chi connectivity index (χ1) is 9.65. The van der Waals surface area contributed by atoms with E-state index in [1.807, 2.05) is 12.3 Å². The maximum atomic E-state index is 11.8. The summed E-state index contributed by atoms with van der Waals surface area (Å²) in [7, 11) is 0. The van der Waals surface area contributed by atoms with Crippen LogP contribution in [-0.2, 0) is 0 Å². The number of aromatic nitrogens is 1. The van der Waals surface area contributed by atoms with E-state index in [2.05, 4.69) is 9.98 Å². The van der Waals surface area contributed by atoms with E-state index < -0.39 is 5.63 Å². The molecule has 6 heteroatoms. The molecule has 3 aromatic rings. The second-order valence-electron chi connectivity index (χ2n) is 4.18. The van der Waals surface area contributed by atoms with Gasteiger partial charge in [0.25, 0.3) is 0 Å². The highest BCUT2D eigenvalue weighted by molar-refractivity contribution is 7.13. The number of hydrogen-bond acceptors (Lipinski definition) is 6. The number of aryl methyl sites for hydroxylation is 1. The van der Waals surface area contributed by atoms with Gasteiger partial charge in [-0.3, -0.25) is 0 Å². The predicted molar refractivity (Wildman–Crippen MR) is 78.3 cm³/mol. The minimum absolute atomic E-state index is 0.0246. The highest BCUT2D eigenvalue weighted by Gasteiger charge is 2.11. The van der Waals surface area contributed by atoms with E-state index in [0.29, 0.717) is 16.1 Å². The van der Waals surface area contributed by atoms with Gasteiger partial charge in [0.2, 0.25) is 5.13 Å². The van der Waals surface area contributed by atoms with E-state index in [4.69, 9.17) is 4.42 Å². The number of para-hydroxylation sites is 1. The van der Waals surface area contributed by atoms with E-state index in [0.717, 1.165) is 5.69 Å². The van der Waals surface area contributed by atoms with E-state index in [9.17, 15) is 9.90 Å². The number of thiazole rings is 1. The third-order valence-electron chi connectivity index (χ3n) is 2.73. The highest BCUT2D eigenvalue weighted by atomic mass is 32.1. The zero-order valence-corrected chi connectivity index (χ0v) is 11.3. The van der Waals surface area contributed by atoms with E-state index in [1.165, 1.54) is 17.6 Å². The Morgan fingerprint density at radius 3 is 2.95 bits per heavy atom. The molecule has 1 aromatic carbocycles. The summed E-state index contributed by atoms with van der Waals surface area (Å²) >= 11 is 1.36. The third kappa shape index (κ3) is 2.21. The average molecular weight is 286 g/mol. The van der Waals surface area contributed by atoms with Crippen molar-refractivity contribution in [3.8, 4) is 5.75 Å². The maximum Gasteiger partial charge on any atom is 0.348 e. The van der Waals surface area contributed by atoms with Crippen LogP contribution in [0.5, 0.6) is 5.75 Å². The van der Waals surface area contributed by atoms with Crippen LogP contribution in [0.1, 0.15) is 11.3 Å². The summed E-state index contributed by atoms with van der Waals surface area (Å²) in [6, 6.07) is 6.80. The fraction of sp³-hybridized carbons (Fsp3) is 0.0714. The topological polar surface area (TPSA) is 75.7 Å². The standard InChI is InChI=1S/C14H10N2O3S/c1-8-7-20-14(16-8)15-6-10-12(17)9-4-2-3-5-11(9)19-13(10)18/h2-7,17H,1H3/b15-6+. The summed E-state index contributed by atoms with van der Waals surface area (Å²) in [5, 5.41) is 13.0. The summed E-state index contributed by atoms with van der Waals surface area (Å²) in [6.45, 7) is 1.86. The summed E-state index contributed by atoms with van der Waals surface area (Å²) in [6.07, 6.45) is 1.28. The smallest absolute Gasteiger partial charge is 0.348 e. The maximum absolute atomic E-state index is 11.8. The summed E-state index contributed by atoms with van der Waals surface area (Å²) in [5.41, 5.74) is 0.601. The molecule has 0 atom stereocenters. The Balaban J connectivity index is 2.12. The van der Waals surface area contributed by atoms with Crippen molar-refractivity contribution in [2.75, 3.05) is 0 Å². The molecule has 0 bridgehead atoms. The molecule has 0 unspecified atom stereocenters. The van der Waals surface area contributed by atoms with Crippen LogP contribution in [0.15, 0.2) is 43.8 Å². The minimum Gasteiger partial charge on any atom is -0.506 e. The Bertz CT molecular complexity index is 864. The predicted octanol–water partition coefficient (Wildman–Crippen LogP) is 3.01. The first kappa shape index (κ1) is 12.6. The first-order valence-corrected chi connectivity index (χ1v) is 6.74. The number of fused-ring (bicyclic) bond motifs is 1. The van der Waals surface area contributed by atoms with Crippen molar-refractivity contribution in [2.45, 2.75) is 6.92 Å². The second kappa shape index (κ2) is 4.90. The molecule has 0 aliphatic carbocycles. The van der Waals surface area contributed by atoms with Crippen molar-refractivity contribution in [2.24, 2.45) is 4.99 Å². The van der Waals surface area contributed by atoms with Gasteiger partial charge in [-0.25, -0.2) is 14.8 Å². The molecule has 0 amide bonds. The van der Waals surface area contributed by atoms with E-state index in [1.54, 1.807) is 24.3 Å². The molecule has 5 nitrogen and oxygen atoms in total. The molecular formula is C14H10N2O3S. The lowest BCUT2D eigenvalue weighted by molar-refractivity contribution is 0.466. The Morgan fingerprint density at radius 2 is 2.20 bits per heavy atom. The zero-order valence-electron chi connectivity index (χ0n) is 10.5. The molecule has 0 aliphatic heterocycles. The molecule has 0 aliphatic rings. The van der Waals surface area contributed by atoms with Crippen LogP contribution in [0, 0.1) is 6.92 Å². The van der Waals surface area contributed by atoms with E-state index in [-0.39, 0.29) is 11.3 Å². The third-order valence-corrected chi connectivity index (χ3v) is 3.60. The molecule has 0 saturated heterocycles. The van der Waals surface area contributed by atoms with Crippen LogP contribution in [0.4, 0.5) is 5.13 Å². The first-order valence-electron chi connectivity index (χ1n) is 5.86. The van der Waals surface area contributed by atoms with Gasteiger partial charge in [-0.1, -0.05) is 12.1 Å². The van der Waals surface area contributed by atoms with Crippen molar-refractivity contribution in [3.05, 3.63) is 51.3 Å². The SMILES string of the molecule is Cc1csc(/N=C/c2c(O)c3ccccc3oc2=O)n1. The van der Waals surface area contributed by atoms with Gasteiger partial charge in [0.15, 0.2) is 0 Å². The molecule has 2 aromatic heterocycles. The summed E-state index contributed by atoms with van der Waals surface area (Å²) in [4.78, 5) is 20.1. The number of rotatable bonds is 2. The Hall–Kier alpha value is -2.47. The van der Waals surface area contributed by atoms with Gasteiger partial charge in [-0.15, -0.1) is 11.3 Å². The van der Waals surface area contributed by atoms with Crippen LogP contribution in [0.3, 0.4) is 0 Å². The minimum atomic E-state index is -0.627. The Morgan fingerprint density at radius 1 is 1.40 bits per heavy atom. The highest BCUT2D eigenvalue weighted by Crippen LogP contribution is 2.25. The van der Waals surface area contributed by atoms with Gasteiger partial charge in [0.05, 0.1) is 11.1 Å². The number of benzene rings is 1. The van der Waals surface area contributed by atoms with Crippen LogP contribution in [0.25, 0.3) is 11.0 Å². The molecule has 0 radical (unpaired) electrons. The van der Waals surface area contributed by atoms with Crippen LogP contribution in [-0.4, -0.2) is 16.3 Å². The number of aromatic hydroxyl groups is 1. The van der Waals surface area contributed by atoms with Crippen LogP contribution >= 0.6 is 11.3 Å². The van der Waals surface area contributed by atoms with Crippen molar-refractivity contribution in [3.63, 3.8) is 0 Å². The Labute approximate surface area is 117 Å². The average Bonchev–Trinajstić information content (AvgIpc) is 2.84. The molecule has 0 fully saturated rings. The van der Waals surface area contributed by atoms with Gasteiger partial charge < -0.3 is 9.52 Å². The molecule has 3 rings (SSSR count). The second-order valence-corrected chi connectivity index (χ2v) is 5.01. The van der Waals surface area contributed by atoms with Crippen molar-refractivity contribution < 1.29 is 9.52 Å². The van der Waals surface area contributed by atoms with Crippen LogP contribution in [0.2, 0.25) is 0 Å². The zero-order chi connectivity index (χ0) is 14.1. The number of hydrogen-bond donors (Lipinski definition) is 1. The van der Waals surface area contributed by atoms with Gasteiger partial charge >= 0.3 is 5.63 Å². The molecule has 20 heavy (non-hydrogen) atoms. The Kier molecular flexibility index (Phi) is 3.08. The van der Waals surface area contributed by atoms with Gasteiger partial charge in [-0.05, 0) is 19.1 Å². The van der Waals surface area contributed by atoms with Gasteiger partial charge in [0, 0.05) is 11.6 Å². The van der Waals surface area contributed by atoms with Gasteiger partial charge in [0.1, 0.15) is 16.9 Å². The lowest BCUT2D eigenvalue weighted by Crippen LogP contribution is -2.06. The quantitative estimate of drug-likeness (QED) is 0.580. The molecule has 1 N–H and O–H groups in total. The molecule has 100 valence electrons. The monoisotopic (exact) mass is 286 g/mol. The molecule has 2 heterocycles. The summed E-state index contributed by atoms with van der Waals surface area (Å²) < 4.78 is 5.14. The van der Waals surface area contributed by atoms with E-state index >= 15 is 0 Å². The molecule has 0 saturated carbocycles. The number of nitrogens with zero attached hydrogens (tertiary/aromatic N) is 2. The lowest BCUT2D eigenvalue weighted by atomic mass is 10.1. The lowest BCUT2D eigenvalue weighted by Gasteiger charge is -2.01. The van der Waals surface area contributed by atoms with Crippen molar-refractivity contribution >= 4 is 33.7 Å². The molecular weight excluding hydrogens is 276 g/mol. The van der Waals surface area contributed by atoms with Crippen LogP contribution < -0.4 is 5.63 Å². The fourth-order valence-electron chi connectivity index (χ4n) is 1.78. The molecule has 0 spiro atoms. The number of aliphatic imine (C=N–C) groups is 1. The van der Waals surface area contributed by atoms with Crippen molar-refractivity contribution in [1.29, 1.82) is 0 Å². The normalized spacial score (nSPS) is 11.4. The summed E-state index contributed by atoms with van der Waals surface area (Å²) in [5.74, 6) is -0.131. The van der Waals surface area contributed by atoms with Gasteiger partial charge in [-0.2, -0.15) is 0 Å². The largest absolute Gasteiger partial charge is 0.506 e. The fourth-order valence-corrected chi connectivity index (χ4v) is 2.42.